The number of carbonyl (C=O) groups is 1. The third kappa shape index (κ3) is 3.84. The van der Waals surface area contributed by atoms with E-state index in [1.54, 1.807) is 22.8 Å². The predicted molar refractivity (Wildman–Crippen MR) is 92.8 cm³/mol. The summed E-state index contributed by atoms with van der Waals surface area (Å²) in [5, 5.41) is 4.47. The second-order valence-electron chi connectivity index (χ2n) is 4.17. The monoisotopic (exact) mass is 411 g/mol. The summed E-state index contributed by atoms with van der Waals surface area (Å²) in [6, 6.07) is 3.58. The van der Waals surface area contributed by atoms with Gasteiger partial charge in [0.15, 0.2) is 0 Å². The first-order valence-corrected chi connectivity index (χ1v) is 8.84. The number of nitrogens with one attached hydrogen (secondary N) is 2. The van der Waals surface area contributed by atoms with Crippen LogP contribution >= 0.6 is 38.6 Å². The van der Waals surface area contributed by atoms with E-state index >= 15 is 0 Å². The third-order valence-electron chi connectivity index (χ3n) is 2.64. The number of hydrazine groups is 1. The number of rotatable bonds is 5. The number of hydrogen-bond donors (Lipinski definition) is 2. The Labute approximate surface area is 147 Å². The van der Waals surface area contributed by atoms with Crippen LogP contribution in [0.4, 0.5) is 5.95 Å². The van der Waals surface area contributed by atoms with Crippen LogP contribution in [0.25, 0.3) is 9.88 Å². The fourth-order valence-corrected chi connectivity index (χ4v) is 3.92. The average Bonchev–Trinajstić information content (AvgIpc) is 3.21. The number of anilines is 1. The number of halogens is 1. The summed E-state index contributed by atoms with van der Waals surface area (Å²) in [7, 11) is 1.50. The molecule has 0 fully saturated rings. The van der Waals surface area contributed by atoms with Crippen molar-refractivity contribution in [3.63, 3.8) is 0 Å². The molecule has 0 saturated carbocycles. The third-order valence-corrected chi connectivity index (χ3v) is 5.34. The van der Waals surface area contributed by atoms with Crippen LogP contribution in [-0.4, -0.2) is 28.0 Å². The Balaban J connectivity index is 1.65. The lowest BCUT2D eigenvalue weighted by Crippen LogP contribution is -2.30. The number of nitrogens with zero attached hydrogens (tertiary/aromatic N) is 3. The Morgan fingerprint density at radius 2 is 2.17 bits per heavy atom. The van der Waals surface area contributed by atoms with Gasteiger partial charge in [0.05, 0.1) is 12.0 Å². The number of thiophene rings is 1. The second-order valence-corrected chi connectivity index (χ2v) is 6.85. The van der Waals surface area contributed by atoms with Gasteiger partial charge in [0, 0.05) is 27.5 Å². The van der Waals surface area contributed by atoms with Gasteiger partial charge in [-0.25, -0.2) is 9.97 Å². The van der Waals surface area contributed by atoms with E-state index in [-0.39, 0.29) is 11.9 Å². The molecular formula is C13H10BrN5O2S2. The molecule has 0 atom stereocenters. The first-order valence-electron chi connectivity index (χ1n) is 6.29. The molecule has 0 radical (unpaired) electrons. The van der Waals surface area contributed by atoms with Gasteiger partial charge in [-0.2, -0.15) is 4.98 Å². The van der Waals surface area contributed by atoms with Gasteiger partial charge in [0.25, 0.3) is 5.91 Å². The molecule has 0 aliphatic carbocycles. The maximum atomic E-state index is 12.1. The van der Waals surface area contributed by atoms with Crippen LogP contribution in [0.1, 0.15) is 10.5 Å². The lowest BCUT2D eigenvalue weighted by Gasteiger charge is -2.06. The summed E-state index contributed by atoms with van der Waals surface area (Å²) in [5.74, 6) is 0.265. The highest BCUT2D eigenvalue weighted by Crippen LogP contribution is 2.31. The predicted octanol–water partition coefficient (Wildman–Crippen LogP) is 3.19. The molecule has 0 aliphatic heterocycles. The van der Waals surface area contributed by atoms with Crippen molar-refractivity contribution in [2.75, 3.05) is 12.5 Å². The minimum atomic E-state index is -0.366. The van der Waals surface area contributed by atoms with E-state index in [4.69, 9.17) is 4.74 Å². The number of hydrogen-bond acceptors (Lipinski definition) is 8. The molecule has 7 nitrogen and oxygen atoms in total. The van der Waals surface area contributed by atoms with Gasteiger partial charge in [-0.05, 0) is 22.0 Å². The van der Waals surface area contributed by atoms with Gasteiger partial charge >= 0.3 is 0 Å². The lowest BCUT2D eigenvalue weighted by atomic mass is 10.4. The van der Waals surface area contributed by atoms with Crippen molar-refractivity contribution in [2.45, 2.75) is 0 Å². The number of aromatic nitrogens is 3. The highest BCUT2D eigenvalue weighted by Gasteiger charge is 2.13. The van der Waals surface area contributed by atoms with E-state index in [2.05, 4.69) is 41.7 Å². The molecule has 3 aromatic rings. The molecule has 0 spiro atoms. The van der Waals surface area contributed by atoms with Crippen LogP contribution in [0.15, 0.2) is 33.6 Å². The number of carbonyl (C=O) groups excluding carboxylic acids is 1. The summed E-state index contributed by atoms with van der Waals surface area (Å²) >= 11 is 6.37. The topological polar surface area (TPSA) is 89.0 Å². The number of methoxy groups -OCH3 is 1. The zero-order valence-corrected chi connectivity index (χ0v) is 15.0. The van der Waals surface area contributed by atoms with Crippen LogP contribution in [-0.2, 0) is 0 Å². The fraction of sp³-hybridized carbons (Fsp3) is 0.0769. The van der Waals surface area contributed by atoms with E-state index in [0.717, 1.165) is 14.4 Å². The quantitative estimate of drug-likeness (QED) is 0.626. The fourth-order valence-electron chi connectivity index (χ4n) is 1.61. The van der Waals surface area contributed by atoms with Gasteiger partial charge in [-0.3, -0.25) is 15.6 Å². The van der Waals surface area contributed by atoms with Crippen LogP contribution in [0.2, 0.25) is 0 Å². The molecule has 3 heterocycles. The van der Waals surface area contributed by atoms with E-state index in [1.807, 2.05) is 11.4 Å². The maximum Gasteiger partial charge on any atom is 0.289 e. The van der Waals surface area contributed by atoms with Crippen molar-refractivity contribution in [1.29, 1.82) is 0 Å². The normalized spacial score (nSPS) is 10.3. The lowest BCUT2D eigenvalue weighted by molar-refractivity contribution is 0.0958. The molecule has 0 saturated heterocycles. The van der Waals surface area contributed by atoms with Crippen molar-refractivity contribution < 1.29 is 9.53 Å². The second kappa shape index (κ2) is 7.02. The molecule has 118 valence electrons. The van der Waals surface area contributed by atoms with Crippen LogP contribution in [0.5, 0.6) is 5.88 Å². The summed E-state index contributed by atoms with van der Waals surface area (Å²) in [4.78, 5) is 25.4. The highest BCUT2D eigenvalue weighted by atomic mass is 79.9. The first kappa shape index (κ1) is 15.8. The SMILES string of the molecule is COc1ccnc(NNC(=O)c2csc(-c3cc(Br)cs3)n2)n1. The van der Waals surface area contributed by atoms with Crippen molar-refractivity contribution in [2.24, 2.45) is 0 Å². The molecule has 10 heteroatoms. The number of thiazole rings is 1. The van der Waals surface area contributed by atoms with Crippen LogP contribution in [0.3, 0.4) is 0 Å². The summed E-state index contributed by atoms with van der Waals surface area (Å²) < 4.78 is 5.98. The largest absolute Gasteiger partial charge is 0.481 e. The molecule has 3 rings (SSSR count). The Hall–Kier alpha value is -2.04. The molecule has 2 N–H and O–H groups in total. The first-order chi connectivity index (χ1) is 11.2. The average molecular weight is 412 g/mol. The molecule has 0 aromatic carbocycles. The Morgan fingerprint density at radius 1 is 1.30 bits per heavy atom. The smallest absolute Gasteiger partial charge is 0.289 e. The van der Waals surface area contributed by atoms with E-state index < -0.39 is 0 Å². The molecule has 0 aliphatic rings. The Kier molecular flexibility index (Phi) is 4.84. The number of amides is 1. The minimum absolute atomic E-state index is 0.232. The highest BCUT2D eigenvalue weighted by molar-refractivity contribution is 9.10. The summed E-state index contributed by atoms with van der Waals surface area (Å²) in [5.41, 5.74) is 5.46. The molecule has 1 amide bonds. The molecule has 23 heavy (non-hydrogen) atoms. The zero-order chi connectivity index (χ0) is 16.2. The van der Waals surface area contributed by atoms with E-state index in [1.165, 1.54) is 24.6 Å². The summed E-state index contributed by atoms with van der Waals surface area (Å²) in [6.07, 6.45) is 1.52. The van der Waals surface area contributed by atoms with Crippen LogP contribution in [0, 0.1) is 0 Å². The van der Waals surface area contributed by atoms with E-state index in [9.17, 15) is 4.79 Å². The van der Waals surface area contributed by atoms with Gasteiger partial charge < -0.3 is 4.74 Å². The van der Waals surface area contributed by atoms with Crippen molar-refractivity contribution in [3.05, 3.63) is 39.3 Å². The van der Waals surface area contributed by atoms with Gasteiger partial charge in [-0.15, -0.1) is 22.7 Å². The molecular weight excluding hydrogens is 402 g/mol. The van der Waals surface area contributed by atoms with Gasteiger partial charge in [0.1, 0.15) is 10.7 Å². The Morgan fingerprint density at radius 3 is 2.91 bits per heavy atom. The van der Waals surface area contributed by atoms with Gasteiger partial charge in [-0.1, -0.05) is 0 Å². The van der Waals surface area contributed by atoms with E-state index in [0.29, 0.717) is 11.6 Å². The maximum absolute atomic E-state index is 12.1. The molecule has 0 bridgehead atoms. The standard InChI is InChI=1S/C13H10BrN5O2S2/c1-21-10-2-3-15-13(17-10)19-18-11(20)8-6-23-12(16-8)9-4-7(14)5-22-9/h2-6H,1H3,(H,18,20)(H,15,17,19). The zero-order valence-electron chi connectivity index (χ0n) is 11.7. The van der Waals surface area contributed by atoms with Crippen LogP contribution < -0.4 is 15.6 Å². The molecule has 0 unspecified atom stereocenters. The molecule has 3 aromatic heterocycles. The van der Waals surface area contributed by atoms with Crippen molar-refractivity contribution >= 4 is 50.5 Å². The Bertz CT molecular complexity index is 835. The minimum Gasteiger partial charge on any atom is -0.481 e. The van der Waals surface area contributed by atoms with Gasteiger partial charge in [0.2, 0.25) is 11.8 Å². The summed E-state index contributed by atoms with van der Waals surface area (Å²) in [6.45, 7) is 0. The van der Waals surface area contributed by atoms with Crippen molar-refractivity contribution in [1.82, 2.24) is 20.4 Å². The number of ether oxygens (including phenoxy) is 1. The van der Waals surface area contributed by atoms with Crippen molar-refractivity contribution in [3.8, 4) is 15.8 Å².